The van der Waals surface area contributed by atoms with E-state index in [0.717, 1.165) is 39.0 Å². The molecular weight excluding hydrogens is 410 g/mol. The highest BCUT2D eigenvalue weighted by Crippen LogP contribution is 2.58. The Bertz CT molecular complexity index is 1220. The molecule has 1 aromatic heterocycles. The molecule has 1 aliphatic carbocycles. The van der Waals surface area contributed by atoms with Gasteiger partial charge in [-0.15, -0.1) is 0 Å². The first kappa shape index (κ1) is 21.7. The highest BCUT2D eigenvalue weighted by molar-refractivity contribution is 8.05. The minimum Gasteiger partial charge on any atom is -0.452 e. The van der Waals surface area contributed by atoms with Gasteiger partial charge < -0.3 is 4.42 Å². The molecule has 4 atom stereocenters. The normalized spacial score (nSPS) is 23.6. The van der Waals surface area contributed by atoms with E-state index in [2.05, 4.69) is 75.4 Å². The summed E-state index contributed by atoms with van der Waals surface area (Å²) in [6.07, 6.45) is 3.68. The van der Waals surface area contributed by atoms with Crippen molar-refractivity contribution in [1.82, 2.24) is 0 Å². The second kappa shape index (κ2) is 8.69. The molecule has 0 saturated heterocycles. The van der Waals surface area contributed by atoms with Gasteiger partial charge in [0.2, 0.25) is 0 Å². The van der Waals surface area contributed by atoms with Gasteiger partial charge >= 0.3 is 0 Å². The molecule has 1 unspecified atom stereocenters. The molecule has 3 aromatic carbocycles. The molecule has 3 radical (unpaired) electrons. The fraction of sp³-hybridized carbons (Fsp3) is 0.357. The Morgan fingerprint density at radius 1 is 0.906 bits per heavy atom. The highest BCUT2D eigenvalue weighted by atomic mass is 31.2. The first-order chi connectivity index (χ1) is 15.5. The fourth-order valence-corrected chi connectivity index (χ4v) is 7.92. The predicted octanol–water partition coefficient (Wildman–Crippen LogP) is 7.03. The van der Waals surface area contributed by atoms with Gasteiger partial charge in [0.05, 0.1) is 11.4 Å². The largest absolute Gasteiger partial charge is 0.452 e. The van der Waals surface area contributed by atoms with Crippen molar-refractivity contribution in [2.45, 2.75) is 46.1 Å². The van der Waals surface area contributed by atoms with E-state index in [4.69, 9.17) is 16.5 Å². The lowest BCUT2D eigenvalue weighted by atomic mass is 9.75. The fourth-order valence-electron chi connectivity index (χ4n) is 5.35. The molecule has 2 nitrogen and oxygen atoms in total. The number of rotatable bonds is 5. The number of fused-ring (bicyclic) bond motifs is 3. The molecule has 4 heteroatoms. The van der Waals surface area contributed by atoms with Crippen LogP contribution in [0.25, 0.3) is 21.9 Å². The Morgan fingerprint density at radius 3 is 2.41 bits per heavy atom. The molecule has 1 aliphatic rings. The summed E-state index contributed by atoms with van der Waals surface area (Å²) in [5, 5.41) is 4.28. The van der Waals surface area contributed by atoms with E-state index in [1.807, 2.05) is 18.2 Å². The number of hydrogen-bond acceptors (Lipinski definition) is 2. The number of benzene rings is 3. The third kappa shape index (κ3) is 3.80. The van der Waals surface area contributed by atoms with Gasteiger partial charge in [-0.2, -0.15) is 0 Å². The maximum Gasteiger partial charge on any atom is 0.175 e. The van der Waals surface area contributed by atoms with E-state index < -0.39 is 7.37 Å². The Morgan fingerprint density at radius 2 is 1.62 bits per heavy atom. The van der Waals surface area contributed by atoms with Crippen LogP contribution in [0.3, 0.4) is 0 Å². The van der Waals surface area contributed by atoms with Crippen molar-refractivity contribution < 1.29 is 8.94 Å². The molecule has 5 rings (SSSR count). The average molecular weight is 441 g/mol. The minimum absolute atomic E-state index is 0.150. The van der Waals surface area contributed by atoms with Crippen molar-refractivity contribution in [1.29, 1.82) is 0 Å². The van der Waals surface area contributed by atoms with Crippen molar-refractivity contribution in [2.24, 2.45) is 17.8 Å². The number of furan rings is 1. The van der Waals surface area contributed by atoms with Crippen LogP contribution < -0.4 is 10.6 Å². The Balaban J connectivity index is 1.68. The summed E-state index contributed by atoms with van der Waals surface area (Å²) in [6.45, 7) is 6.97. The minimum atomic E-state index is -2.64. The lowest BCUT2D eigenvalue weighted by Gasteiger charge is -2.44. The van der Waals surface area contributed by atoms with Gasteiger partial charge in [0, 0.05) is 10.8 Å². The lowest BCUT2D eigenvalue weighted by molar-refractivity contribution is 0.0564. The van der Waals surface area contributed by atoms with Crippen LogP contribution in [-0.2, 0) is 4.52 Å². The average Bonchev–Trinajstić information content (AvgIpc) is 3.18. The van der Waals surface area contributed by atoms with Crippen LogP contribution in [0, 0.1) is 17.8 Å². The van der Waals surface area contributed by atoms with Gasteiger partial charge in [-0.25, -0.2) is 7.57 Å². The third-order valence-electron chi connectivity index (χ3n) is 7.14. The Labute approximate surface area is 193 Å². The summed E-state index contributed by atoms with van der Waals surface area (Å²) < 4.78 is 13.5. The van der Waals surface area contributed by atoms with Crippen LogP contribution in [0.2, 0.25) is 0 Å². The summed E-state index contributed by atoms with van der Waals surface area (Å²) in [7, 11) is 4.76. The smallest absolute Gasteiger partial charge is 0.175 e. The summed E-state index contributed by atoms with van der Waals surface area (Å²) in [5.41, 5.74) is 1.75. The van der Waals surface area contributed by atoms with E-state index in [-0.39, 0.29) is 6.10 Å². The SMILES string of the molecule is [B-][P+](O[C@@H]1C[C@H](C)CC[C@H]1C(C)C)(c1ccccc1)c1cccc2c1oc1ccccc12. The van der Waals surface area contributed by atoms with E-state index in [1.54, 1.807) is 0 Å². The Hall–Kier alpha value is -2.09. The topological polar surface area (TPSA) is 22.4 Å². The molecular formula is C28H31BO2P. The summed E-state index contributed by atoms with van der Waals surface area (Å²) in [4.78, 5) is 0. The van der Waals surface area contributed by atoms with Gasteiger partial charge in [-0.3, -0.25) is 4.52 Å². The van der Waals surface area contributed by atoms with Crippen LogP contribution in [-0.4, -0.2) is 13.7 Å². The van der Waals surface area contributed by atoms with Crippen LogP contribution in [0.15, 0.2) is 77.2 Å². The van der Waals surface area contributed by atoms with Crippen molar-refractivity contribution in [2.75, 3.05) is 0 Å². The zero-order chi connectivity index (χ0) is 22.3. The molecule has 163 valence electrons. The molecule has 1 saturated carbocycles. The van der Waals surface area contributed by atoms with Crippen molar-refractivity contribution in [3.05, 3.63) is 72.8 Å². The summed E-state index contributed by atoms with van der Waals surface area (Å²) in [6, 6.07) is 24.9. The first-order valence-corrected chi connectivity index (χ1v) is 13.6. The Kier molecular flexibility index (Phi) is 5.91. The molecule has 1 heterocycles. The second-order valence-electron chi connectivity index (χ2n) is 9.72. The number of hydrogen-bond donors (Lipinski definition) is 0. The van der Waals surface area contributed by atoms with Gasteiger partial charge in [-0.05, 0) is 54.9 Å². The van der Waals surface area contributed by atoms with Crippen molar-refractivity contribution >= 4 is 47.5 Å². The molecule has 0 amide bonds. The first-order valence-electron chi connectivity index (χ1n) is 11.8. The van der Waals surface area contributed by atoms with Gasteiger partial charge in [0.1, 0.15) is 10.9 Å². The maximum atomic E-state index is 7.40. The van der Waals surface area contributed by atoms with Crippen molar-refractivity contribution in [3.63, 3.8) is 0 Å². The monoisotopic (exact) mass is 441 g/mol. The van der Waals surface area contributed by atoms with E-state index in [9.17, 15) is 0 Å². The molecule has 0 spiro atoms. The van der Waals surface area contributed by atoms with Crippen LogP contribution >= 0.6 is 7.37 Å². The molecule has 0 N–H and O–H groups in total. The molecule has 4 aromatic rings. The molecule has 1 fully saturated rings. The zero-order valence-corrected chi connectivity index (χ0v) is 20.1. The van der Waals surface area contributed by atoms with Gasteiger partial charge in [0.15, 0.2) is 5.58 Å². The predicted molar refractivity (Wildman–Crippen MR) is 138 cm³/mol. The van der Waals surface area contributed by atoms with Crippen LogP contribution in [0.4, 0.5) is 0 Å². The number of para-hydroxylation sites is 2. The van der Waals surface area contributed by atoms with Gasteiger partial charge in [-0.1, -0.05) is 83.1 Å². The maximum absolute atomic E-state index is 7.40. The van der Waals surface area contributed by atoms with Crippen LogP contribution in [0.1, 0.15) is 40.0 Å². The molecule has 0 bridgehead atoms. The summed E-state index contributed by atoms with van der Waals surface area (Å²) in [5.74, 6) is 1.74. The molecule has 0 aliphatic heterocycles. The molecule has 32 heavy (non-hydrogen) atoms. The van der Waals surface area contributed by atoms with E-state index in [1.165, 1.54) is 12.8 Å². The lowest BCUT2D eigenvalue weighted by Crippen LogP contribution is -2.38. The third-order valence-corrected chi connectivity index (χ3v) is 9.88. The zero-order valence-electron chi connectivity index (χ0n) is 19.2. The van der Waals surface area contributed by atoms with E-state index in [0.29, 0.717) is 17.8 Å². The second-order valence-corrected chi connectivity index (χ2v) is 12.2. The summed E-state index contributed by atoms with van der Waals surface area (Å²) >= 11 is 0. The van der Waals surface area contributed by atoms with Gasteiger partial charge in [0.25, 0.3) is 0 Å². The highest BCUT2D eigenvalue weighted by Gasteiger charge is 2.39. The van der Waals surface area contributed by atoms with Crippen LogP contribution in [0.5, 0.6) is 0 Å². The quantitative estimate of drug-likeness (QED) is 0.245. The van der Waals surface area contributed by atoms with Crippen molar-refractivity contribution in [3.8, 4) is 0 Å². The van der Waals surface area contributed by atoms with E-state index >= 15 is 0 Å². The standard InChI is InChI=1S/C28H31BO2P/c1-19(2)22-17-16-20(3)18-26(22)31-32(29,21-10-5-4-6-11-21)27-15-9-13-24-23-12-7-8-14-25(23)30-28(24)27/h4-15,19-20,22,26H,16-18H2,1-3H3/t20-,22+,26-,32?/m1/s1.